The fourth-order valence-electron chi connectivity index (χ4n) is 6.03. The van der Waals surface area contributed by atoms with E-state index in [-0.39, 0.29) is 11.3 Å². The van der Waals surface area contributed by atoms with Gasteiger partial charge in [0, 0.05) is 31.6 Å². The number of carbonyl (C=O) groups excluding carboxylic acids is 1. The van der Waals surface area contributed by atoms with Crippen molar-refractivity contribution in [2.45, 2.75) is 65.0 Å². The second-order valence-electron chi connectivity index (χ2n) is 13.1. The van der Waals surface area contributed by atoms with Crippen molar-refractivity contribution in [2.75, 3.05) is 33.9 Å². The van der Waals surface area contributed by atoms with Crippen molar-refractivity contribution in [3.05, 3.63) is 111 Å². The summed E-state index contributed by atoms with van der Waals surface area (Å²) in [5.74, 6) is 2.16. The van der Waals surface area contributed by atoms with E-state index < -0.39 is 0 Å². The highest BCUT2D eigenvalue weighted by molar-refractivity contribution is 7.09. The highest BCUT2D eigenvalue weighted by Crippen LogP contribution is 2.29. The van der Waals surface area contributed by atoms with Gasteiger partial charge in [0.1, 0.15) is 10.7 Å². The van der Waals surface area contributed by atoms with Crippen LogP contribution in [0.1, 0.15) is 71.4 Å². The number of methoxy groups -OCH3 is 2. The number of hydrogen-bond acceptors (Lipinski definition) is 6. The number of aromatic nitrogens is 1. The largest absolute Gasteiger partial charge is 0.493 e. The van der Waals surface area contributed by atoms with E-state index in [0.29, 0.717) is 18.2 Å². The van der Waals surface area contributed by atoms with E-state index in [1.807, 2.05) is 16.3 Å². The Morgan fingerprint density at radius 2 is 1.58 bits per heavy atom. The van der Waals surface area contributed by atoms with Gasteiger partial charge in [-0.1, -0.05) is 81.4 Å². The molecule has 0 atom stereocenters. The number of piperidine rings is 1. The standard InChI is InChI=1S/C38H47N3O3S/c1-38(2,3)32-14-11-31(12-15-32)25-40(20-17-29-13-16-34(43-4)35(24-29)44-5)26-36-39-33(27-45-36)37(42)41-21-18-30(19-22-41)23-28-9-7-6-8-10-28/h6-16,24,27,30H,17-23,25-26H2,1-5H3. The van der Waals surface area contributed by atoms with E-state index in [4.69, 9.17) is 14.5 Å². The maximum atomic E-state index is 13.4. The normalized spacial score (nSPS) is 14.1. The first-order valence-corrected chi connectivity index (χ1v) is 16.9. The van der Waals surface area contributed by atoms with Crippen LogP contribution in [-0.4, -0.2) is 54.5 Å². The molecule has 6 nitrogen and oxygen atoms in total. The molecule has 1 amide bonds. The SMILES string of the molecule is COc1ccc(CCN(Cc2ccc(C(C)(C)C)cc2)Cc2nc(C(=O)N3CCC(Cc4ccccc4)CC3)cs2)cc1OC. The second kappa shape index (κ2) is 15.1. The molecule has 3 aromatic carbocycles. The smallest absolute Gasteiger partial charge is 0.273 e. The molecule has 2 heterocycles. The van der Waals surface area contributed by atoms with Crippen LogP contribution >= 0.6 is 11.3 Å². The number of likely N-dealkylation sites (tertiary alicyclic amines) is 1. The molecular weight excluding hydrogens is 579 g/mol. The molecule has 1 aliphatic heterocycles. The van der Waals surface area contributed by atoms with Crippen molar-refractivity contribution in [3.63, 3.8) is 0 Å². The number of amides is 1. The summed E-state index contributed by atoms with van der Waals surface area (Å²) < 4.78 is 11.0. The average Bonchev–Trinajstić information content (AvgIpc) is 3.52. The lowest BCUT2D eigenvalue weighted by atomic mass is 9.87. The van der Waals surface area contributed by atoms with E-state index in [0.717, 1.165) is 68.4 Å². The Bertz CT molecular complexity index is 1520. The average molecular weight is 626 g/mol. The number of ether oxygens (including phenoxy) is 2. The molecule has 45 heavy (non-hydrogen) atoms. The highest BCUT2D eigenvalue weighted by atomic mass is 32.1. The van der Waals surface area contributed by atoms with Crippen molar-refractivity contribution in [2.24, 2.45) is 5.92 Å². The first-order chi connectivity index (χ1) is 21.7. The molecule has 0 spiro atoms. The Kier molecular flexibility index (Phi) is 11.0. The molecule has 1 fully saturated rings. The predicted molar refractivity (Wildman–Crippen MR) is 183 cm³/mol. The van der Waals surface area contributed by atoms with Gasteiger partial charge in [-0.05, 0) is 71.4 Å². The molecule has 5 rings (SSSR count). The van der Waals surface area contributed by atoms with E-state index in [9.17, 15) is 4.79 Å². The minimum atomic E-state index is 0.0605. The summed E-state index contributed by atoms with van der Waals surface area (Å²) in [6, 6.07) is 25.8. The fraction of sp³-hybridized carbons (Fsp3) is 0.421. The fourth-order valence-corrected chi connectivity index (χ4v) is 6.84. The van der Waals surface area contributed by atoms with E-state index in [2.05, 4.69) is 92.4 Å². The first-order valence-electron chi connectivity index (χ1n) is 16.0. The van der Waals surface area contributed by atoms with Gasteiger partial charge in [-0.25, -0.2) is 4.98 Å². The van der Waals surface area contributed by atoms with Crippen LogP contribution in [0, 0.1) is 5.92 Å². The van der Waals surface area contributed by atoms with Gasteiger partial charge < -0.3 is 14.4 Å². The molecule has 1 saturated heterocycles. The third-order valence-corrected chi connectivity index (χ3v) is 9.62. The molecule has 7 heteroatoms. The molecule has 1 aromatic heterocycles. The molecule has 4 aromatic rings. The summed E-state index contributed by atoms with van der Waals surface area (Å²) in [5.41, 5.74) is 5.86. The van der Waals surface area contributed by atoms with Crippen LogP contribution < -0.4 is 9.47 Å². The number of carbonyl (C=O) groups is 1. The molecule has 0 radical (unpaired) electrons. The summed E-state index contributed by atoms with van der Waals surface area (Å²) >= 11 is 1.58. The number of rotatable bonds is 12. The van der Waals surface area contributed by atoms with Gasteiger partial charge in [0.15, 0.2) is 11.5 Å². The minimum absolute atomic E-state index is 0.0605. The Morgan fingerprint density at radius 1 is 0.889 bits per heavy atom. The zero-order valence-electron chi connectivity index (χ0n) is 27.4. The Hall–Kier alpha value is -3.68. The molecule has 238 valence electrons. The van der Waals surface area contributed by atoms with Crippen molar-refractivity contribution in [1.82, 2.24) is 14.8 Å². The third kappa shape index (κ3) is 8.95. The van der Waals surface area contributed by atoms with Gasteiger partial charge in [-0.15, -0.1) is 11.3 Å². The van der Waals surface area contributed by atoms with Crippen LogP contribution in [-0.2, 0) is 31.3 Å². The Labute approximate surface area is 273 Å². The monoisotopic (exact) mass is 625 g/mol. The van der Waals surface area contributed by atoms with Crippen LogP contribution in [0.3, 0.4) is 0 Å². The van der Waals surface area contributed by atoms with Crippen LogP contribution in [0.25, 0.3) is 0 Å². The second-order valence-corrected chi connectivity index (χ2v) is 14.1. The van der Waals surface area contributed by atoms with Crippen molar-refractivity contribution in [3.8, 4) is 11.5 Å². The maximum absolute atomic E-state index is 13.4. The van der Waals surface area contributed by atoms with Gasteiger partial charge in [-0.3, -0.25) is 9.69 Å². The summed E-state index contributed by atoms with van der Waals surface area (Å²) in [4.78, 5) is 22.7. The predicted octanol–water partition coefficient (Wildman–Crippen LogP) is 7.80. The van der Waals surface area contributed by atoms with Crippen LogP contribution in [0.2, 0.25) is 0 Å². The van der Waals surface area contributed by atoms with Crippen molar-refractivity contribution < 1.29 is 14.3 Å². The number of nitrogens with zero attached hydrogens (tertiary/aromatic N) is 3. The lowest BCUT2D eigenvalue weighted by Gasteiger charge is -2.31. The van der Waals surface area contributed by atoms with E-state index in [1.54, 1.807) is 25.6 Å². The minimum Gasteiger partial charge on any atom is -0.493 e. The number of thiazole rings is 1. The first kappa shape index (κ1) is 32.7. The van der Waals surface area contributed by atoms with Crippen molar-refractivity contribution in [1.29, 1.82) is 0 Å². The lowest BCUT2D eigenvalue weighted by molar-refractivity contribution is 0.0685. The van der Waals surface area contributed by atoms with Gasteiger partial charge in [-0.2, -0.15) is 0 Å². The third-order valence-electron chi connectivity index (χ3n) is 8.79. The van der Waals surface area contributed by atoms with Gasteiger partial charge in [0.25, 0.3) is 5.91 Å². The summed E-state index contributed by atoms with van der Waals surface area (Å²) in [5, 5.41) is 2.91. The molecule has 0 saturated carbocycles. The zero-order chi connectivity index (χ0) is 31.8. The van der Waals surface area contributed by atoms with Crippen LogP contribution in [0.15, 0.2) is 78.2 Å². The van der Waals surface area contributed by atoms with Crippen molar-refractivity contribution >= 4 is 17.2 Å². The zero-order valence-corrected chi connectivity index (χ0v) is 28.2. The molecule has 1 aliphatic rings. The lowest BCUT2D eigenvalue weighted by Crippen LogP contribution is -2.39. The molecule has 0 bridgehead atoms. The highest BCUT2D eigenvalue weighted by Gasteiger charge is 2.25. The van der Waals surface area contributed by atoms with Crippen LogP contribution in [0.5, 0.6) is 11.5 Å². The number of hydrogen-bond donors (Lipinski definition) is 0. The Morgan fingerprint density at radius 3 is 2.24 bits per heavy atom. The molecule has 0 unspecified atom stereocenters. The van der Waals surface area contributed by atoms with E-state index >= 15 is 0 Å². The van der Waals surface area contributed by atoms with Gasteiger partial charge in [0.05, 0.1) is 20.8 Å². The van der Waals surface area contributed by atoms with E-state index in [1.165, 1.54) is 22.3 Å². The molecule has 0 N–H and O–H groups in total. The van der Waals surface area contributed by atoms with Gasteiger partial charge >= 0.3 is 0 Å². The topological polar surface area (TPSA) is 54.9 Å². The van der Waals surface area contributed by atoms with Crippen LogP contribution in [0.4, 0.5) is 0 Å². The van der Waals surface area contributed by atoms with Gasteiger partial charge in [0.2, 0.25) is 0 Å². The Balaban J connectivity index is 1.23. The molecule has 0 aliphatic carbocycles. The summed E-state index contributed by atoms with van der Waals surface area (Å²) in [6.07, 6.45) is 4.02. The molecular formula is C38H47N3O3S. The summed E-state index contributed by atoms with van der Waals surface area (Å²) in [6.45, 7) is 10.6. The maximum Gasteiger partial charge on any atom is 0.273 e. The summed E-state index contributed by atoms with van der Waals surface area (Å²) in [7, 11) is 3.33. The quantitative estimate of drug-likeness (QED) is 0.161. The number of benzene rings is 3.